The van der Waals surface area contributed by atoms with Crippen LogP contribution in [0, 0.1) is 0 Å². The fourth-order valence-corrected chi connectivity index (χ4v) is 3.07. The summed E-state index contributed by atoms with van der Waals surface area (Å²) >= 11 is 0. The van der Waals surface area contributed by atoms with Gasteiger partial charge in [0.1, 0.15) is 11.6 Å². The zero-order valence-electron chi connectivity index (χ0n) is 12.5. The molecule has 2 aromatic heterocycles. The van der Waals surface area contributed by atoms with E-state index >= 15 is 0 Å². The van der Waals surface area contributed by atoms with Crippen molar-refractivity contribution in [2.75, 3.05) is 7.11 Å². The van der Waals surface area contributed by atoms with Gasteiger partial charge in [-0.05, 0) is 42.8 Å². The van der Waals surface area contributed by atoms with E-state index in [1.807, 2.05) is 24.4 Å². The van der Waals surface area contributed by atoms with Crippen LogP contribution >= 0.6 is 0 Å². The minimum absolute atomic E-state index is 0.860. The first kappa shape index (κ1) is 13.1. The Morgan fingerprint density at radius 1 is 1.09 bits per heavy atom. The van der Waals surface area contributed by atoms with Gasteiger partial charge in [-0.15, -0.1) is 0 Å². The van der Waals surface area contributed by atoms with Crippen molar-refractivity contribution in [1.82, 2.24) is 14.5 Å². The van der Waals surface area contributed by atoms with Crippen molar-refractivity contribution in [2.24, 2.45) is 0 Å². The Labute approximate surface area is 129 Å². The molecular formula is C18H17N3O. The van der Waals surface area contributed by atoms with Gasteiger partial charge in [0, 0.05) is 36.5 Å². The Morgan fingerprint density at radius 3 is 2.68 bits per heavy atom. The largest absolute Gasteiger partial charge is 0.497 e. The standard InChI is InChI=1S/C18H17N3O/c1-22-15-8-6-13(7-9-15)17-18(14-4-2-10-19-12-14)21-11-3-5-16(21)20-17/h2,4,6-10,12H,3,5,11H2,1H3. The van der Waals surface area contributed by atoms with Gasteiger partial charge in [-0.3, -0.25) is 4.98 Å². The summed E-state index contributed by atoms with van der Waals surface area (Å²) in [6, 6.07) is 12.2. The Hall–Kier alpha value is -2.62. The van der Waals surface area contributed by atoms with Crippen LogP contribution in [-0.2, 0) is 13.0 Å². The second kappa shape index (κ2) is 5.30. The molecule has 1 aliphatic rings. The quantitative estimate of drug-likeness (QED) is 0.740. The monoisotopic (exact) mass is 291 g/mol. The molecule has 0 saturated heterocycles. The molecule has 0 spiro atoms. The highest BCUT2D eigenvalue weighted by Crippen LogP contribution is 2.35. The summed E-state index contributed by atoms with van der Waals surface area (Å²) in [5.74, 6) is 2.03. The van der Waals surface area contributed by atoms with E-state index in [0.29, 0.717) is 0 Å². The predicted molar refractivity (Wildman–Crippen MR) is 85.8 cm³/mol. The molecule has 4 heteroatoms. The van der Waals surface area contributed by atoms with Crippen LogP contribution in [0.2, 0.25) is 0 Å². The number of hydrogen-bond acceptors (Lipinski definition) is 3. The molecule has 0 radical (unpaired) electrons. The van der Waals surface area contributed by atoms with Gasteiger partial charge in [0.25, 0.3) is 0 Å². The molecule has 4 nitrogen and oxygen atoms in total. The second-order valence-electron chi connectivity index (χ2n) is 5.45. The summed E-state index contributed by atoms with van der Waals surface area (Å²) in [4.78, 5) is 9.15. The normalized spacial score (nSPS) is 13.1. The number of ether oxygens (including phenoxy) is 1. The van der Waals surface area contributed by atoms with Crippen molar-refractivity contribution >= 4 is 0 Å². The van der Waals surface area contributed by atoms with Crippen LogP contribution in [0.15, 0.2) is 48.8 Å². The zero-order valence-corrected chi connectivity index (χ0v) is 12.5. The number of methoxy groups -OCH3 is 1. The van der Waals surface area contributed by atoms with Crippen LogP contribution in [0.1, 0.15) is 12.2 Å². The molecule has 0 N–H and O–H groups in total. The average Bonchev–Trinajstić information content (AvgIpc) is 3.16. The molecule has 3 aromatic rings. The lowest BCUT2D eigenvalue weighted by atomic mass is 10.1. The van der Waals surface area contributed by atoms with E-state index in [1.165, 1.54) is 17.9 Å². The molecule has 1 aromatic carbocycles. The molecule has 22 heavy (non-hydrogen) atoms. The molecule has 1 aliphatic heterocycles. The Bertz CT molecular complexity index is 791. The molecule has 0 bridgehead atoms. The molecule has 0 atom stereocenters. The first-order valence-electron chi connectivity index (χ1n) is 7.51. The number of nitrogens with zero attached hydrogens (tertiary/aromatic N) is 3. The van der Waals surface area contributed by atoms with Gasteiger partial charge in [-0.2, -0.15) is 0 Å². The summed E-state index contributed by atoms with van der Waals surface area (Å²) in [5, 5.41) is 0. The van der Waals surface area contributed by atoms with Crippen LogP contribution in [0.3, 0.4) is 0 Å². The lowest BCUT2D eigenvalue weighted by Crippen LogP contribution is -1.96. The Kier molecular flexibility index (Phi) is 3.15. The van der Waals surface area contributed by atoms with Crippen molar-refractivity contribution in [1.29, 1.82) is 0 Å². The van der Waals surface area contributed by atoms with E-state index in [0.717, 1.165) is 35.5 Å². The van der Waals surface area contributed by atoms with Gasteiger partial charge in [0.15, 0.2) is 0 Å². The number of pyridine rings is 1. The second-order valence-corrected chi connectivity index (χ2v) is 5.45. The third-order valence-corrected chi connectivity index (χ3v) is 4.13. The van der Waals surface area contributed by atoms with Gasteiger partial charge < -0.3 is 9.30 Å². The van der Waals surface area contributed by atoms with E-state index in [4.69, 9.17) is 9.72 Å². The third-order valence-electron chi connectivity index (χ3n) is 4.13. The molecule has 0 saturated carbocycles. The fourth-order valence-electron chi connectivity index (χ4n) is 3.07. The summed E-state index contributed by atoms with van der Waals surface area (Å²) < 4.78 is 7.58. The maximum absolute atomic E-state index is 5.25. The topological polar surface area (TPSA) is 39.9 Å². The van der Waals surface area contributed by atoms with E-state index in [-0.39, 0.29) is 0 Å². The third kappa shape index (κ3) is 2.08. The fraction of sp³-hybridized carbons (Fsp3) is 0.222. The predicted octanol–water partition coefficient (Wildman–Crippen LogP) is 3.57. The van der Waals surface area contributed by atoms with Gasteiger partial charge in [-0.1, -0.05) is 0 Å². The van der Waals surface area contributed by atoms with Gasteiger partial charge in [0.05, 0.1) is 18.5 Å². The first-order valence-corrected chi connectivity index (χ1v) is 7.51. The minimum Gasteiger partial charge on any atom is -0.497 e. The number of benzene rings is 1. The molecule has 0 amide bonds. The van der Waals surface area contributed by atoms with Crippen molar-refractivity contribution < 1.29 is 4.74 Å². The van der Waals surface area contributed by atoms with E-state index in [9.17, 15) is 0 Å². The first-order chi connectivity index (χ1) is 10.9. The average molecular weight is 291 g/mol. The minimum atomic E-state index is 0.860. The lowest BCUT2D eigenvalue weighted by molar-refractivity contribution is 0.415. The Balaban J connectivity index is 1.89. The number of aryl methyl sites for hydroxylation is 1. The van der Waals surface area contributed by atoms with Crippen molar-refractivity contribution in [3.8, 4) is 28.3 Å². The van der Waals surface area contributed by atoms with Crippen molar-refractivity contribution in [2.45, 2.75) is 19.4 Å². The number of hydrogen-bond donors (Lipinski definition) is 0. The summed E-state index contributed by atoms with van der Waals surface area (Å²) in [6.07, 6.45) is 5.93. The lowest BCUT2D eigenvalue weighted by Gasteiger charge is -2.08. The maximum atomic E-state index is 5.25. The van der Waals surface area contributed by atoms with Gasteiger partial charge >= 0.3 is 0 Å². The number of fused-ring (bicyclic) bond motifs is 1. The van der Waals surface area contributed by atoms with Crippen molar-refractivity contribution in [3.05, 3.63) is 54.6 Å². The highest BCUT2D eigenvalue weighted by molar-refractivity contribution is 5.79. The maximum Gasteiger partial charge on any atom is 0.118 e. The molecule has 110 valence electrons. The molecule has 0 unspecified atom stereocenters. The number of aromatic nitrogens is 3. The smallest absolute Gasteiger partial charge is 0.118 e. The van der Waals surface area contributed by atoms with Crippen LogP contribution in [0.5, 0.6) is 5.75 Å². The van der Waals surface area contributed by atoms with E-state index in [2.05, 4.69) is 27.8 Å². The van der Waals surface area contributed by atoms with E-state index in [1.54, 1.807) is 13.3 Å². The summed E-state index contributed by atoms with van der Waals surface area (Å²) in [6.45, 7) is 1.03. The van der Waals surface area contributed by atoms with Crippen LogP contribution in [-0.4, -0.2) is 21.6 Å². The van der Waals surface area contributed by atoms with Crippen molar-refractivity contribution in [3.63, 3.8) is 0 Å². The number of imidazole rings is 1. The molecule has 0 aliphatic carbocycles. The van der Waals surface area contributed by atoms with Crippen LogP contribution in [0.4, 0.5) is 0 Å². The number of rotatable bonds is 3. The molecule has 0 fully saturated rings. The molecule has 4 rings (SSSR count). The van der Waals surface area contributed by atoms with Gasteiger partial charge in [-0.25, -0.2) is 4.98 Å². The highest BCUT2D eigenvalue weighted by Gasteiger charge is 2.23. The Morgan fingerprint density at radius 2 is 1.95 bits per heavy atom. The SMILES string of the molecule is COc1ccc(-c2nc3n(c2-c2cccnc2)CCC3)cc1. The van der Waals surface area contributed by atoms with Crippen LogP contribution in [0.25, 0.3) is 22.5 Å². The molecular weight excluding hydrogens is 274 g/mol. The van der Waals surface area contributed by atoms with E-state index < -0.39 is 0 Å². The van der Waals surface area contributed by atoms with Gasteiger partial charge in [0.2, 0.25) is 0 Å². The highest BCUT2D eigenvalue weighted by atomic mass is 16.5. The summed E-state index contributed by atoms with van der Waals surface area (Å²) in [7, 11) is 1.68. The zero-order chi connectivity index (χ0) is 14.9. The van der Waals surface area contributed by atoms with Crippen LogP contribution < -0.4 is 4.74 Å². The molecule has 3 heterocycles. The summed E-state index contributed by atoms with van der Waals surface area (Å²) in [5.41, 5.74) is 4.44.